The van der Waals surface area contributed by atoms with Gasteiger partial charge in [0.15, 0.2) is 0 Å². The van der Waals surface area contributed by atoms with Crippen LogP contribution in [0, 0.1) is 0 Å². The van der Waals surface area contributed by atoms with Crippen molar-refractivity contribution in [2.24, 2.45) is 0 Å². The van der Waals surface area contributed by atoms with Gasteiger partial charge in [0.2, 0.25) is 5.91 Å². The van der Waals surface area contributed by atoms with Gasteiger partial charge in [-0.3, -0.25) is 9.59 Å². The molecule has 0 aliphatic carbocycles. The molecule has 0 atom stereocenters. The summed E-state index contributed by atoms with van der Waals surface area (Å²) in [5.74, 6) is 0.268. The highest BCUT2D eigenvalue weighted by atomic mass is 35.5. The van der Waals surface area contributed by atoms with Crippen molar-refractivity contribution < 1.29 is 14.3 Å². The van der Waals surface area contributed by atoms with Crippen LogP contribution in [0.25, 0.3) is 0 Å². The van der Waals surface area contributed by atoms with Gasteiger partial charge in [-0.05, 0) is 49.2 Å². The van der Waals surface area contributed by atoms with E-state index in [4.69, 9.17) is 16.3 Å². The van der Waals surface area contributed by atoms with Crippen LogP contribution in [-0.4, -0.2) is 18.4 Å². The number of anilines is 2. The summed E-state index contributed by atoms with van der Waals surface area (Å²) < 4.78 is 5.55. The molecule has 0 heterocycles. The minimum Gasteiger partial charge on any atom is -0.494 e. The summed E-state index contributed by atoms with van der Waals surface area (Å²) in [6.45, 7) is 4.55. The number of ether oxygens (including phenoxy) is 1. The van der Waals surface area contributed by atoms with Gasteiger partial charge in [0.1, 0.15) is 5.75 Å². The molecule has 6 heteroatoms. The number of rotatable bonds is 8. The Kier molecular flexibility index (Phi) is 7.48. The molecule has 26 heavy (non-hydrogen) atoms. The van der Waals surface area contributed by atoms with E-state index in [-0.39, 0.29) is 11.8 Å². The van der Waals surface area contributed by atoms with E-state index >= 15 is 0 Å². The topological polar surface area (TPSA) is 67.4 Å². The third kappa shape index (κ3) is 5.77. The smallest absolute Gasteiger partial charge is 0.255 e. The normalized spacial score (nSPS) is 10.3. The van der Waals surface area contributed by atoms with E-state index < -0.39 is 0 Å². The van der Waals surface area contributed by atoms with Gasteiger partial charge < -0.3 is 15.4 Å². The fraction of sp³-hybridized carbons (Fsp3) is 0.300. The van der Waals surface area contributed by atoms with E-state index in [1.54, 1.807) is 36.4 Å². The lowest BCUT2D eigenvalue weighted by atomic mass is 10.2. The number of hydrogen-bond donors (Lipinski definition) is 2. The van der Waals surface area contributed by atoms with Crippen LogP contribution in [0.5, 0.6) is 5.75 Å². The van der Waals surface area contributed by atoms with Gasteiger partial charge in [-0.2, -0.15) is 0 Å². The molecule has 0 bridgehead atoms. The van der Waals surface area contributed by atoms with Crippen molar-refractivity contribution in [2.45, 2.75) is 33.1 Å². The Morgan fingerprint density at radius 2 is 1.85 bits per heavy atom. The van der Waals surface area contributed by atoms with Gasteiger partial charge in [-0.15, -0.1) is 0 Å². The monoisotopic (exact) mass is 374 g/mol. The Hall–Kier alpha value is -2.53. The Morgan fingerprint density at radius 3 is 2.58 bits per heavy atom. The fourth-order valence-corrected chi connectivity index (χ4v) is 2.46. The molecule has 0 saturated heterocycles. The van der Waals surface area contributed by atoms with Crippen LogP contribution >= 0.6 is 11.6 Å². The predicted molar refractivity (Wildman–Crippen MR) is 105 cm³/mol. The average molecular weight is 375 g/mol. The minimum atomic E-state index is -0.300. The Morgan fingerprint density at radius 1 is 1.04 bits per heavy atom. The molecule has 2 rings (SSSR count). The van der Waals surface area contributed by atoms with Crippen molar-refractivity contribution in [2.75, 3.05) is 17.2 Å². The van der Waals surface area contributed by atoms with Crippen molar-refractivity contribution in [3.05, 3.63) is 53.1 Å². The highest BCUT2D eigenvalue weighted by Gasteiger charge is 2.11. The molecule has 0 aliphatic heterocycles. The Labute approximate surface area is 158 Å². The Balaban J connectivity index is 2.12. The predicted octanol–water partition coefficient (Wildman–Crippen LogP) is 5.12. The van der Waals surface area contributed by atoms with E-state index in [0.717, 1.165) is 12.8 Å². The standard InChI is InChI=1S/C20H23ClN2O3/c1-3-6-19(24)22-15-9-10-17(21)18(13-15)23-20(25)14-7-5-8-16(12-14)26-11-4-2/h5,7-10,12-13H,3-4,6,11H2,1-2H3,(H,22,24)(H,23,25). The second kappa shape index (κ2) is 9.82. The number of benzene rings is 2. The van der Waals surface area contributed by atoms with Crippen LogP contribution in [0.2, 0.25) is 5.02 Å². The second-order valence-electron chi connectivity index (χ2n) is 5.82. The SMILES string of the molecule is CCCOc1cccc(C(=O)Nc2cc(NC(=O)CCC)ccc2Cl)c1. The summed E-state index contributed by atoms with van der Waals surface area (Å²) in [6.07, 6.45) is 2.09. The first kappa shape index (κ1) is 19.8. The maximum absolute atomic E-state index is 12.5. The van der Waals surface area contributed by atoms with E-state index in [1.165, 1.54) is 0 Å². The number of hydrogen-bond acceptors (Lipinski definition) is 3. The van der Waals surface area contributed by atoms with Crippen LogP contribution in [0.3, 0.4) is 0 Å². The van der Waals surface area contributed by atoms with E-state index in [2.05, 4.69) is 10.6 Å². The number of amides is 2. The molecule has 2 N–H and O–H groups in total. The molecule has 0 saturated carbocycles. The lowest BCUT2D eigenvalue weighted by molar-refractivity contribution is -0.116. The molecular formula is C20H23ClN2O3. The first-order chi connectivity index (χ1) is 12.5. The molecule has 0 spiro atoms. The molecule has 2 aromatic rings. The molecule has 0 aliphatic rings. The molecule has 5 nitrogen and oxygen atoms in total. The van der Waals surface area contributed by atoms with Crippen molar-refractivity contribution in [1.82, 2.24) is 0 Å². The largest absolute Gasteiger partial charge is 0.494 e. The highest BCUT2D eigenvalue weighted by Crippen LogP contribution is 2.26. The zero-order valence-corrected chi connectivity index (χ0v) is 15.7. The van der Waals surface area contributed by atoms with Gasteiger partial charge in [-0.1, -0.05) is 31.5 Å². The van der Waals surface area contributed by atoms with Crippen LogP contribution < -0.4 is 15.4 Å². The van der Waals surface area contributed by atoms with Gasteiger partial charge in [-0.25, -0.2) is 0 Å². The van der Waals surface area contributed by atoms with E-state index in [9.17, 15) is 9.59 Å². The maximum Gasteiger partial charge on any atom is 0.255 e. The van der Waals surface area contributed by atoms with Gasteiger partial charge in [0, 0.05) is 17.7 Å². The van der Waals surface area contributed by atoms with Crippen LogP contribution in [0.15, 0.2) is 42.5 Å². The van der Waals surface area contributed by atoms with Crippen molar-refractivity contribution in [3.8, 4) is 5.75 Å². The number of nitrogens with one attached hydrogen (secondary N) is 2. The summed E-state index contributed by atoms with van der Waals surface area (Å²) in [4.78, 5) is 24.2. The molecule has 138 valence electrons. The maximum atomic E-state index is 12.5. The molecule has 0 fully saturated rings. The zero-order chi connectivity index (χ0) is 18.9. The number of carbonyl (C=O) groups is 2. The Bertz CT molecular complexity index is 777. The van der Waals surface area contributed by atoms with Gasteiger partial charge >= 0.3 is 0 Å². The summed E-state index contributed by atoms with van der Waals surface area (Å²) >= 11 is 6.17. The fourth-order valence-electron chi connectivity index (χ4n) is 2.29. The lowest BCUT2D eigenvalue weighted by Crippen LogP contribution is -2.14. The van der Waals surface area contributed by atoms with E-state index in [1.807, 2.05) is 19.9 Å². The lowest BCUT2D eigenvalue weighted by Gasteiger charge is -2.11. The molecule has 0 unspecified atom stereocenters. The van der Waals surface area contributed by atoms with Gasteiger partial charge in [0.05, 0.1) is 17.3 Å². The molecule has 0 radical (unpaired) electrons. The highest BCUT2D eigenvalue weighted by molar-refractivity contribution is 6.34. The minimum absolute atomic E-state index is 0.0760. The third-order valence-electron chi connectivity index (χ3n) is 3.54. The first-order valence-corrected chi connectivity index (χ1v) is 9.05. The van der Waals surface area contributed by atoms with E-state index in [0.29, 0.717) is 40.7 Å². The number of carbonyl (C=O) groups excluding carboxylic acids is 2. The second-order valence-corrected chi connectivity index (χ2v) is 6.23. The van der Waals surface area contributed by atoms with Crippen molar-refractivity contribution in [3.63, 3.8) is 0 Å². The molecule has 2 amide bonds. The summed E-state index contributed by atoms with van der Waals surface area (Å²) in [5, 5.41) is 5.96. The van der Waals surface area contributed by atoms with Crippen molar-refractivity contribution in [1.29, 1.82) is 0 Å². The first-order valence-electron chi connectivity index (χ1n) is 8.67. The summed E-state index contributed by atoms with van der Waals surface area (Å²) in [7, 11) is 0. The summed E-state index contributed by atoms with van der Waals surface area (Å²) in [5.41, 5.74) is 1.49. The molecule has 0 aromatic heterocycles. The van der Waals surface area contributed by atoms with Crippen LogP contribution in [0.4, 0.5) is 11.4 Å². The van der Waals surface area contributed by atoms with Crippen LogP contribution in [-0.2, 0) is 4.79 Å². The summed E-state index contributed by atoms with van der Waals surface area (Å²) in [6, 6.07) is 11.9. The number of halogens is 1. The quantitative estimate of drug-likeness (QED) is 0.673. The third-order valence-corrected chi connectivity index (χ3v) is 3.87. The van der Waals surface area contributed by atoms with Gasteiger partial charge in [0.25, 0.3) is 5.91 Å². The molecular weight excluding hydrogens is 352 g/mol. The average Bonchev–Trinajstić information content (AvgIpc) is 2.63. The van der Waals surface area contributed by atoms with Crippen LogP contribution in [0.1, 0.15) is 43.5 Å². The van der Waals surface area contributed by atoms with Crippen molar-refractivity contribution >= 4 is 34.8 Å². The molecule has 2 aromatic carbocycles. The zero-order valence-electron chi connectivity index (χ0n) is 15.0.